The third-order valence-electron chi connectivity index (χ3n) is 4.64. The fourth-order valence-electron chi connectivity index (χ4n) is 3.38. The molecule has 3 N–H and O–H groups in total. The molecule has 5 rings (SSSR count). The second-order valence-corrected chi connectivity index (χ2v) is 6.39. The largest absolute Gasteiger partial charge is 0.489 e. The van der Waals surface area contributed by atoms with Crippen LogP contribution in [0.2, 0.25) is 0 Å². The van der Waals surface area contributed by atoms with E-state index in [0.29, 0.717) is 42.2 Å². The Morgan fingerprint density at radius 2 is 1.89 bits per heavy atom. The summed E-state index contributed by atoms with van der Waals surface area (Å²) in [6.45, 7) is 1.23. The molecule has 0 saturated carbocycles. The molecule has 3 aromatic rings. The predicted molar refractivity (Wildman–Crippen MR) is 99.9 cm³/mol. The van der Waals surface area contributed by atoms with Crippen molar-refractivity contribution in [1.29, 1.82) is 5.26 Å². The van der Waals surface area contributed by atoms with Gasteiger partial charge in [0.15, 0.2) is 23.6 Å². The van der Waals surface area contributed by atoms with Gasteiger partial charge in [-0.25, -0.2) is 9.98 Å². The minimum absolute atomic E-state index is 0.293. The third kappa shape index (κ3) is 2.52. The van der Waals surface area contributed by atoms with Crippen molar-refractivity contribution in [3.8, 4) is 17.6 Å². The molecule has 2 aliphatic rings. The molecule has 0 fully saturated rings. The summed E-state index contributed by atoms with van der Waals surface area (Å²) in [5.41, 5.74) is 9.12. The van der Waals surface area contributed by atoms with Crippen molar-refractivity contribution >= 4 is 22.9 Å². The van der Waals surface area contributed by atoms with Gasteiger partial charge in [-0.05, 0) is 17.7 Å². The number of hydrogen-bond donors (Lipinski definition) is 2. The van der Waals surface area contributed by atoms with Crippen LogP contribution in [-0.2, 0) is 0 Å². The number of aliphatic imine (C=N–C) groups is 1. The van der Waals surface area contributed by atoms with E-state index >= 15 is 0 Å². The van der Waals surface area contributed by atoms with Crippen LogP contribution in [0.4, 0.5) is 5.95 Å². The Hall–Kier alpha value is -3.73. The number of hydrogen-bond acceptors (Lipinski definition) is 7. The molecule has 0 aliphatic carbocycles. The lowest BCUT2D eigenvalue weighted by atomic mass is 10.1. The molecular weight excluding hydrogens is 344 g/mol. The van der Waals surface area contributed by atoms with Gasteiger partial charge in [-0.2, -0.15) is 5.26 Å². The summed E-state index contributed by atoms with van der Waals surface area (Å²) in [5.74, 6) is 2.29. The minimum atomic E-state index is -0.385. The molecule has 0 bridgehead atoms. The van der Waals surface area contributed by atoms with Gasteiger partial charge in [0.1, 0.15) is 0 Å². The lowest BCUT2D eigenvalue weighted by molar-refractivity contribution is 0.297. The Labute approximate surface area is 154 Å². The summed E-state index contributed by atoms with van der Waals surface area (Å²) in [5, 5.41) is 12.1. The van der Waals surface area contributed by atoms with Crippen molar-refractivity contribution in [1.82, 2.24) is 9.55 Å². The monoisotopic (exact) mass is 360 g/mol. The number of benzene rings is 2. The van der Waals surface area contributed by atoms with E-state index in [4.69, 9.17) is 20.5 Å². The van der Waals surface area contributed by atoms with Crippen LogP contribution in [0.5, 0.6) is 11.5 Å². The normalized spacial score (nSPS) is 18.0. The van der Waals surface area contributed by atoms with Crippen molar-refractivity contribution in [2.45, 2.75) is 12.6 Å². The number of rotatable bonds is 1. The van der Waals surface area contributed by atoms with E-state index in [1.165, 1.54) is 0 Å². The smallest absolute Gasteiger partial charge is 0.212 e. The molecule has 0 amide bonds. The van der Waals surface area contributed by atoms with E-state index in [1.807, 2.05) is 28.8 Å². The molecule has 2 aliphatic heterocycles. The second-order valence-electron chi connectivity index (χ2n) is 6.39. The number of guanidine groups is 1. The maximum Gasteiger partial charge on any atom is 0.212 e. The highest BCUT2D eigenvalue weighted by Gasteiger charge is 2.26. The van der Waals surface area contributed by atoms with E-state index < -0.39 is 0 Å². The number of fused-ring (bicyclic) bond motifs is 4. The fraction of sp³-hybridized carbons (Fsp3) is 0.211. The van der Waals surface area contributed by atoms with E-state index in [0.717, 1.165) is 23.0 Å². The zero-order valence-electron chi connectivity index (χ0n) is 14.3. The first-order valence-electron chi connectivity index (χ1n) is 8.65. The van der Waals surface area contributed by atoms with Gasteiger partial charge in [0.05, 0.1) is 35.9 Å². The summed E-state index contributed by atoms with van der Waals surface area (Å²) >= 11 is 0. The summed E-state index contributed by atoms with van der Waals surface area (Å²) in [6.07, 6.45) is 0.456. The minimum Gasteiger partial charge on any atom is -0.489 e. The number of nitrogens with two attached hydrogens (primary N) is 1. The average molecular weight is 360 g/mol. The molecule has 8 heteroatoms. The second kappa shape index (κ2) is 5.92. The van der Waals surface area contributed by atoms with E-state index in [2.05, 4.69) is 21.4 Å². The highest BCUT2D eigenvalue weighted by molar-refractivity contribution is 5.95. The fourth-order valence-corrected chi connectivity index (χ4v) is 3.38. The third-order valence-corrected chi connectivity index (χ3v) is 4.64. The molecule has 1 aromatic heterocycles. The van der Waals surface area contributed by atoms with E-state index in [-0.39, 0.29) is 6.17 Å². The SMILES string of the molecule is N#Cc1ccc(C2N=C(N)Nc3nc4cc5c(cc4n32)OCCCO5)cc1. The number of anilines is 1. The molecule has 0 saturated heterocycles. The molecule has 0 radical (unpaired) electrons. The van der Waals surface area contributed by atoms with Crippen molar-refractivity contribution in [3.05, 3.63) is 47.5 Å². The lowest BCUT2D eigenvalue weighted by Gasteiger charge is -2.24. The maximum atomic E-state index is 9.03. The summed E-state index contributed by atoms with van der Waals surface area (Å²) in [4.78, 5) is 9.21. The first-order chi connectivity index (χ1) is 13.2. The van der Waals surface area contributed by atoms with Crippen LogP contribution >= 0.6 is 0 Å². The standard InChI is InChI=1S/C19H16N6O2/c20-10-11-2-4-12(5-3-11)17-23-18(21)24-19-22-13-8-15-16(9-14(13)25(17)19)27-7-1-6-26-15/h2-5,8-9,17H,1,6-7H2,(H3,21,22,23,24). The number of aromatic nitrogens is 2. The first kappa shape index (κ1) is 15.5. The summed E-state index contributed by atoms with van der Waals surface area (Å²) in [7, 11) is 0. The number of nitrogens with zero attached hydrogens (tertiary/aromatic N) is 4. The van der Waals surface area contributed by atoms with Gasteiger partial charge < -0.3 is 15.2 Å². The summed E-state index contributed by atoms with van der Waals surface area (Å²) in [6, 6.07) is 13.2. The number of ether oxygens (including phenoxy) is 2. The highest BCUT2D eigenvalue weighted by atomic mass is 16.5. The number of imidazole rings is 1. The quantitative estimate of drug-likeness (QED) is 0.689. The zero-order chi connectivity index (χ0) is 18.4. The van der Waals surface area contributed by atoms with Gasteiger partial charge in [-0.3, -0.25) is 9.88 Å². The van der Waals surface area contributed by atoms with E-state index in [1.54, 1.807) is 12.1 Å². The van der Waals surface area contributed by atoms with Crippen molar-refractivity contribution < 1.29 is 9.47 Å². The molecule has 3 heterocycles. The molecule has 1 unspecified atom stereocenters. The Morgan fingerprint density at radius 1 is 1.15 bits per heavy atom. The first-order valence-corrected chi connectivity index (χ1v) is 8.65. The molecule has 1 atom stereocenters. The maximum absolute atomic E-state index is 9.03. The van der Waals surface area contributed by atoms with Gasteiger partial charge in [-0.1, -0.05) is 12.1 Å². The number of nitrogens with one attached hydrogen (secondary N) is 1. The Kier molecular flexibility index (Phi) is 3.40. The molecule has 8 nitrogen and oxygen atoms in total. The molecule has 2 aromatic carbocycles. The number of nitriles is 1. The van der Waals surface area contributed by atoms with Crippen molar-refractivity contribution in [3.63, 3.8) is 0 Å². The highest BCUT2D eigenvalue weighted by Crippen LogP contribution is 2.38. The molecule has 134 valence electrons. The van der Waals surface area contributed by atoms with Crippen LogP contribution in [0.25, 0.3) is 11.0 Å². The molecular formula is C19H16N6O2. The van der Waals surface area contributed by atoms with Gasteiger partial charge in [-0.15, -0.1) is 0 Å². The van der Waals surface area contributed by atoms with Crippen molar-refractivity contribution in [2.24, 2.45) is 10.7 Å². The van der Waals surface area contributed by atoms with Crippen LogP contribution in [0.3, 0.4) is 0 Å². The average Bonchev–Trinajstić information content (AvgIpc) is 2.87. The van der Waals surface area contributed by atoms with Crippen LogP contribution in [0.1, 0.15) is 23.7 Å². The van der Waals surface area contributed by atoms with Crippen LogP contribution in [-0.4, -0.2) is 28.7 Å². The Morgan fingerprint density at radius 3 is 2.63 bits per heavy atom. The van der Waals surface area contributed by atoms with Crippen LogP contribution in [0, 0.1) is 11.3 Å². The molecule has 27 heavy (non-hydrogen) atoms. The molecule has 0 spiro atoms. The lowest BCUT2D eigenvalue weighted by Crippen LogP contribution is -2.31. The van der Waals surface area contributed by atoms with Crippen LogP contribution in [0.15, 0.2) is 41.4 Å². The summed E-state index contributed by atoms with van der Waals surface area (Å²) < 4.78 is 13.6. The topological polar surface area (TPSA) is 110 Å². The Balaban J connectivity index is 1.68. The van der Waals surface area contributed by atoms with Crippen molar-refractivity contribution in [2.75, 3.05) is 18.5 Å². The van der Waals surface area contributed by atoms with Gasteiger partial charge >= 0.3 is 0 Å². The van der Waals surface area contributed by atoms with Gasteiger partial charge in [0, 0.05) is 18.6 Å². The van der Waals surface area contributed by atoms with E-state index in [9.17, 15) is 0 Å². The predicted octanol–water partition coefficient (Wildman–Crippen LogP) is 2.36. The van der Waals surface area contributed by atoms with Gasteiger partial charge in [0.2, 0.25) is 5.95 Å². The Bertz CT molecular complexity index is 1110. The van der Waals surface area contributed by atoms with Crippen LogP contribution < -0.4 is 20.5 Å². The van der Waals surface area contributed by atoms with Gasteiger partial charge in [0.25, 0.3) is 0 Å². The zero-order valence-corrected chi connectivity index (χ0v) is 14.3.